The van der Waals surface area contributed by atoms with Crippen molar-refractivity contribution in [3.63, 3.8) is 0 Å². The zero-order chi connectivity index (χ0) is 39.9. The standard InChI is InChI=1S/C37H44N10O8/c1-22(48)41-31(19-24-13-15-26(49)16-14-24)35(52)43-32(18-23-8-3-2-4-9-23)36(53)45-46-37(39)44-29(12-7-17-47(54)55)34(51)42-30(33(38)50)20-25-21-40-28-11-6-5-10-27(25)28/h2-6,8-11,13-16,21,29-32,40,49H,7,12,17-20H2,1H3,(H2,38,50)(H,41,48)(H,42,51)(H,43,52)(H,45,53)(H3,39,44,46)/t29-,30?,31-,32+/m0/s1. The van der Waals surface area contributed by atoms with Gasteiger partial charge in [-0.2, -0.15) is 0 Å². The third-order valence-corrected chi connectivity index (χ3v) is 8.47. The van der Waals surface area contributed by atoms with Gasteiger partial charge in [0.1, 0.15) is 29.9 Å². The molecule has 18 heteroatoms. The van der Waals surface area contributed by atoms with Gasteiger partial charge in [0, 0.05) is 54.6 Å². The number of nitro groups is 1. The van der Waals surface area contributed by atoms with Gasteiger partial charge in [-0.25, -0.2) is 4.99 Å². The highest BCUT2D eigenvalue weighted by atomic mass is 16.6. The van der Waals surface area contributed by atoms with Crippen molar-refractivity contribution >= 4 is 46.4 Å². The number of amides is 5. The number of para-hydroxylation sites is 1. The van der Waals surface area contributed by atoms with E-state index in [4.69, 9.17) is 11.5 Å². The van der Waals surface area contributed by atoms with Crippen LogP contribution in [0.25, 0.3) is 10.9 Å². The van der Waals surface area contributed by atoms with Gasteiger partial charge >= 0.3 is 0 Å². The Morgan fingerprint density at radius 1 is 0.782 bits per heavy atom. The van der Waals surface area contributed by atoms with Crippen LogP contribution in [-0.2, 0) is 43.2 Å². The number of hydrogen-bond acceptors (Lipinski definition) is 9. The van der Waals surface area contributed by atoms with Crippen molar-refractivity contribution in [1.29, 1.82) is 0 Å². The molecule has 1 aromatic heterocycles. The quantitative estimate of drug-likeness (QED) is 0.0288. The molecule has 11 N–H and O–H groups in total. The first-order valence-corrected chi connectivity index (χ1v) is 17.3. The number of aromatic nitrogens is 1. The Morgan fingerprint density at radius 2 is 1.40 bits per heavy atom. The van der Waals surface area contributed by atoms with E-state index in [1.165, 1.54) is 19.1 Å². The number of nitrogens with one attached hydrogen (secondary N) is 6. The summed E-state index contributed by atoms with van der Waals surface area (Å²) in [6, 6.07) is 17.5. The Bertz CT molecular complexity index is 2000. The lowest BCUT2D eigenvalue weighted by Crippen LogP contribution is -2.58. The second-order valence-corrected chi connectivity index (χ2v) is 12.7. The largest absolute Gasteiger partial charge is 0.508 e. The number of primary amides is 1. The highest BCUT2D eigenvalue weighted by Crippen LogP contribution is 2.19. The van der Waals surface area contributed by atoms with Crippen molar-refractivity contribution < 1.29 is 34.0 Å². The molecule has 0 saturated carbocycles. The molecular weight excluding hydrogens is 712 g/mol. The molecule has 1 unspecified atom stereocenters. The number of phenols is 1. The van der Waals surface area contributed by atoms with Gasteiger partial charge < -0.3 is 37.5 Å². The van der Waals surface area contributed by atoms with Gasteiger partial charge in [0.15, 0.2) is 0 Å². The first-order chi connectivity index (χ1) is 26.3. The Labute approximate surface area is 315 Å². The lowest BCUT2D eigenvalue weighted by atomic mass is 10.0. The van der Waals surface area contributed by atoms with Gasteiger partial charge in [-0.15, -0.1) is 0 Å². The first kappa shape index (κ1) is 40.8. The van der Waals surface area contributed by atoms with Crippen LogP contribution in [0.4, 0.5) is 0 Å². The summed E-state index contributed by atoms with van der Waals surface area (Å²) in [6.07, 6.45) is 1.63. The van der Waals surface area contributed by atoms with E-state index in [0.717, 1.165) is 16.5 Å². The number of nitrogens with two attached hydrogens (primary N) is 2. The molecular formula is C37H44N10O8. The van der Waals surface area contributed by atoms with E-state index < -0.39 is 71.1 Å². The van der Waals surface area contributed by atoms with Crippen molar-refractivity contribution in [2.45, 2.75) is 63.2 Å². The number of hydrogen-bond donors (Lipinski definition) is 9. The monoisotopic (exact) mass is 756 g/mol. The average Bonchev–Trinajstić information content (AvgIpc) is 3.56. The van der Waals surface area contributed by atoms with E-state index in [9.17, 15) is 39.2 Å². The number of benzene rings is 3. The van der Waals surface area contributed by atoms with Crippen molar-refractivity contribution in [3.05, 3.63) is 112 Å². The van der Waals surface area contributed by atoms with Crippen LogP contribution in [0, 0.1) is 10.1 Å². The van der Waals surface area contributed by atoms with E-state index >= 15 is 0 Å². The number of carbonyl (C=O) groups is 5. The Hall–Kier alpha value is -6.98. The molecule has 290 valence electrons. The Morgan fingerprint density at radius 3 is 2.05 bits per heavy atom. The fraction of sp³-hybridized carbons (Fsp3) is 0.297. The molecule has 0 spiro atoms. The lowest BCUT2D eigenvalue weighted by molar-refractivity contribution is -0.480. The molecule has 18 nitrogen and oxygen atoms in total. The molecule has 4 atom stereocenters. The van der Waals surface area contributed by atoms with Crippen LogP contribution in [0.1, 0.15) is 36.5 Å². The van der Waals surface area contributed by atoms with Gasteiger partial charge in [-0.05, 0) is 41.3 Å². The van der Waals surface area contributed by atoms with Crippen molar-refractivity contribution in [3.8, 4) is 5.75 Å². The molecule has 0 saturated heterocycles. The number of carbonyl (C=O) groups excluding carboxylic acids is 5. The summed E-state index contributed by atoms with van der Waals surface area (Å²) in [5, 5.41) is 29.3. The van der Waals surface area contributed by atoms with Gasteiger partial charge in [0.25, 0.3) is 5.91 Å². The molecule has 4 rings (SSSR count). The number of aromatic hydroxyl groups is 1. The molecule has 55 heavy (non-hydrogen) atoms. The maximum atomic E-state index is 13.5. The number of hydrazine groups is 1. The van der Waals surface area contributed by atoms with Crippen LogP contribution in [0.2, 0.25) is 0 Å². The SMILES string of the molecule is CC(=O)N[C@@H](Cc1ccc(O)cc1)C(=O)N[C@H](Cc1ccccc1)C(=O)NNC(N)=N[C@@H](CCC[N+](=O)[O-])C(=O)NC(Cc1c[nH]c2ccccc12)C(N)=O. The van der Waals surface area contributed by atoms with E-state index in [1.807, 2.05) is 24.3 Å². The highest BCUT2D eigenvalue weighted by Gasteiger charge is 2.28. The molecule has 0 aliphatic carbocycles. The minimum absolute atomic E-state index is 0.0269. The topological polar surface area (TPSA) is 289 Å². The normalized spacial score (nSPS) is 13.4. The van der Waals surface area contributed by atoms with E-state index in [0.29, 0.717) is 11.1 Å². The zero-order valence-electron chi connectivity index (χ0n) is 30.0. The van der Waals surface area contributed by atoms with Crippen LogP contribution in [-0.4, -0.2) is 81.2 Å². The summed E-state index contributed by atoms with van der Waals surface area (Å²) < 4.78 is 0. The number of H-pyrrole nitrogens is 1. The Balaban J connectivity index is 1.48. The molecule has 0 radical (unpaired) electrons. The van der Waals surface area contributed by atoms with Gasteiger partial charge in [-0.3, -0.25) is 44.9 Å². The lowest BCUT2D eigenvalue weighted by Gasteiger charge is -2.23. The number of guanidine groups is 1. The second-order valence-electron chi connectivity index (χ2n) is 12.7. The fourth-order valence-corrected chi connectivity index (χ4v) is 5.75. The molecule has 3 aromatic carbocycles. The summed E-state index contributed by atoms with van der Waals surface area (Å²) in [5.74, 6) is -3.93. The predicted molar refractivity (Wildman–Crippen MR) is 202 cm³/mol. The number of rotatable bonds is 18. The number of aromatic amines is 1. The van der Waals surface area contributed by atoms with Gasteiger partial charge in [0.2, 0.25) is 36.1 Å². The Kier molecular flexibility index (Phi) is 14.6. The van der Waals surface area contributed by atoms with Gasteiger partial charge in [-0.1, -0.05) is 60.7 Å². The number of phenolic OH excluding ortho intramolecular Hbond substituents is 1. The highest BCUT2D eigenvalue weighted by molar-refractivity contribution is 5.94. The van der Waals surface area contributed by atoms with Crippen LogP contribution in [0.3, 0.4) is 0 Å². The third-order valence-electron chi connectivity index (χ3n) is 8.47. The van der Waals surface area contributed by atoms with E-state index in [2.05, 4.69) is 36.8 Å². The van der Waals surface area contributed by atoms with Crippen LogP contribution >= 0.6 is 0 Å². The maximum absolute atomic E-state index is 13.5. The minimum Gasteiger partial charge on any atom is -0.508 e. The number of aliphatic imine (C=N–C) groups is 1. The molecule has 1 heterocycles. The second kappa shape index (κ2) is 19.7. The number of nitrogens with zero attached hydrogens (tertiary/aromatic N) is 2. The summed E-state index contributed by atoms with van der Waals surface area (Å²) >= 11 is 0. The fourth-order valence-electron chi connectivity index (χ4n) is 5.75. The van der Waals surface area contributed by atoms with E-state index in [1.54, 1.807) is 48.7 Å². The molecule has 4 aromatic rings. The average molecular weight is 757 g/mol. The van der Waals surface area contributed by atoms with Gasteiger partial charge in [0.05, 0.1) is 0 Å². The molecule has 0 aliphatic rings. The molecule has 0 aliphatic heterocycles. The molecule has 5 amide bonds. The maximum Gasteiger partial charge on any atom is 0.261 e. The zero-order valence-corrected chi connectivity index (χ0v) is 30.0. The smallest absolute Gasteiger partial charge is 0.261 e. The van der Waals surface area contributed by atoms with Crippen LogP contribution in [0.5, 0.6) is 5.75 Å². The molecule has 0 bridgehead atoms. The first-order valence-electron chi connectivity index (χ1n) is 17.3. The molecule has 0 fully saturated rings. The van der Waals surface area contributed by atoms with Crippen LogP contribution in [0.15, 0.2) is 90.1 Å². The summed E-state index contributed by atoms with van der Waals surface area (Å²) in [7, 11) is 0. The minimum atomic E-state index is -1.33. The van der Waals surface area contributed by atoms with Crippen LogP contribution < -0.4 is 38.3 Å². The summed E-state index contributed by atoms with van der Waals surface area (Å²) in [4.78, 5) is 82.7. The van der Waals surface area contributed by atoms with Crippen molar-refractivity contribution in [2.75, 3.05) is 6.54 Å². The number of fused-ring (bicyclic) bond motifs is 1. The third kappa shape index (κ3) is 12.9. The van der Waals surface area contributed by atoms with Crippen molar-refractivity contribution in [2.24, 2.45) is 16.5 Å². The van der Waals surface area contributed by atoms with E-state index in [-0.39, 0.29) is 37.9 Å². The summed E-state index contributed by atoms with van der Waals surface area (Å²) in [6.45, 7) is 0.783. The summed E-state index contributed by atoms with van der Waals surface area (Å²) in [5.41, 5.74) is 19.4. The predicted octanol–water partition coefficient (Wildman–Crippen LogP) is 0.222. The van der Waals surface area contributed by atoms with Crippen molar-refractivity contribution in [1.82, 2.24) is 31.8 Å².